The van der Waals surface area contributed by atoms with Crippen molar-refractivity contribution in [3.05, 3.63) is 65.5 Å². The molecule has 2 aromatic rings. The third kappa shape index (κ3) is 1.95. The Balaban J connectivity index is 2.35. The van der Waals surface area contributed by atoms with Gasteiger partial charge in [0.2, 0.25) is 0 Å². The number of hydrogen-bond donors (Lipinski definition) is 2. The molecule has 20 heavy (non-hydrogen) atoms. The summed E-state index contributed by atoms with van der Waals surface area (Å²) in [5.41, 5.74) is 2.67. The Morgan fingerprint density at radius 3 is 2.75 bits per heavy atom. The molecule has 1 aliphatic rings. The third-order valence-electron chi connectivity index (χ3n) is 3.09. The zero-order valence-corrected chi connectivity index (χ0v) is 10.3. The average Bonchev–Trinajstić information content (AvgIpc) is 2.55. The Hall–Kier alpha value is -2.95. The molecule has 1 aliphatic heterocycles. The van der Waals surface area contributed by atoms with Crippen molar-refractivity contribution < 1.29 is 14.7 Å². The standard InChI is InChI=1S/C15H10N2O3/c18-14(19)7-11-9-5-6-16-8-12(9)15(20)17-13-4-2-1-3-10(11)13/h1-8H,(H,17,20)(H,18,19). The van der Waals surface area contributed by atoms with Gasteiger partial charge in [-0.25, -0.2) is 4.79 Å². The molecule has 2 heterocycles. The summed E-state index contributed by atoms with van der Waals surface area (Å²) >= 11 is 0. The lowest BCUT2D eigenvalue weighted by molar-refractivity contribution is -0.131. The fraction of sp³-hybridized carbons (Fsp3) is 0. The molecule has 1 aromatic carbocycles. The van der Waals surface area contributed by atoms with Gasteiger partial charge >= 0.3 is 5.97 Å². The Bertz CT molecular complexity index is 750. The molecule has 1 aromatic heterocycles. The number of rotatable bonds is 1. The lowest BCUT2D eigenvalue weighted by Gasteiger charge is -2.08. The van der Waals surface area contributed by atoms with Crippen LogP contribution in [0.5, 0.6) is 0 Å². The highest BCUT2D eigenvalue weighted by atomic mass is 16.4. The molecule has 3 rings (SSSR count). The molecule has 0 fully saturated rings. The maximum atomic E-state index is 12.2. The number of para-hydroxylation sites is 1. The molecule has 98 valence electrons. The summed E-state index contributed by atoms with van der Waals surface area (Å²) in [6.45, 7) is 0. The van der Waals surface area contributed by atoms with E-state index in [9.17, 15) is 9.59 Å². The lowest BCUT2D eigenvalue weighted by Crippen LogP contribution is -2.12. The molecule has 0 saturated carbocycles. The van der Waals surface area contributed by atoms with E-state index in [0.717, 1.165) is 6.08 Å². The highest BCUT2D eigenvalue weighted by Gasteiger charge is 2.23. The SMILES string of the molecule is O=C(O)C=C1c2ccccc2NC(=O)c2cnccc21. The Labute approximate surface area is 114 Å². The number of carbonyl (C=O) groups is 2. The number of carboxylic acid groups (broad SMARTS) is 1. The Kier molecular flexibility index (Phi) is 2.80. The van der Waals surface area contributed by atoms with E-state index in [-0.39, 0.29) is 5.91 Å². The molecule has 0 atom stereocenters. The number of aromatic nitrogens is 1. The number of nitrogens with one attached hydrogen (secondary N) is 1. The highest BCUT2D eigenvalue weighted by Crippen LogP contribution is 2.34. The first-order chi connectivity index (χ1) is 9.66. The van der Waals surface area contributed by atoms with E-state index in [1.807, 2.05) is 0 Å². The second-order valence-electron chi connectivity index (χ2n) is 4.32. The van der Waals surface area contributed by atoms with Crippen LogP contribution in [0.25, 0.3) is 5.57 Å². The van der Waals surface area contributed by atoms with E-state index in [4.69, 9.17) is 5.11 Å². The zero-order chi connectivity index (χ0) is 14.1. The first kappa shape index (κ1) is 12.1. The molecule has 1 amide bonds. The van der Waals surface area contributed by atoms with E-state index in [2.05, 4.69) is 10.3 Å². The van der Waals surface area contributed by atoms with Crippen LogP contribution in [0.4, 0.5) is 5.69 Å². The van der Waals surface area contributed by atoms with E-state index in [0.29, 0.717) is 28.0 Å². The fourth-order valence-electron chi connectivity index (χ4n) is 2.25. The van der Waals surface area contributed by atoms with Gasteiger partial charge in [0, 0.05) is 29.7 Å². The van der Waals surface area contributed by atoms with E-state index in [1.54, 1.807) is 30.3 Å². The van der Waals surface area contributed by atoms with Gasteiger partial charge in [0.25, 0.3) is 5.91 Å². The molecule has 0 bridgehead atoms. The number of fused-ring (bicyclic) bond motifs is 2. The minimum Gasteiger partial charge on any atom is -0.478 e. The second kappa shape index (κ2) is 4.62. The van der Waals surface area contributed by atoms with Crippen LogP contribution in [-0.2, 0) is 4.79 Å². The monoisotopic (exact) mass is 266 g/mol. The minimum atomic E-state index is -1.06. The van der Waals surface area contributed by atoms with Gasteiger partial charge < -0.3 is 10.4 Å². The van der Waals surface area contributed by atoms with Crippen molar-refractivity contribution in [2.75, 3.05) is 5.32 Å². The molecule has 0 radical (unpaired) electrons. The van der Waals surface area contributed by atoms with Crippen molar-refractivity contribution in [2.24, 2.45) is 0 Å². The summed E-state index contributed by atoms with van der Waals surface area (Å²) in [6, 6.07) is 8.74. The van der Waals surface area contributed by atoms with Crippen LogP contribution >= 0.6 is 0 Å². The summed E-state index contributed by atoms with van der Waals surface area (Å²) in [6.07, 6.45) is 4.08. The van der Waals surface area contributed by atoms with E-state index < -0.39 is 5.97 Å². The number of amides is 1. The number of benzene rings is 1. The summed E-state index contributed by atoms with van der Waals surface area (Å²) in [5, 5.41) is 11.8. The third-order valence-corrected chi connectivity index (χ3v) is 3.09. The van der Waals surface area contributed by atoms with Crippen LogP contribution in [0.15, 0.2) is 48.8 Å². The van der Waals surface area contributed by atoms with Crippen molar-refractivity contribution in [2.45, 2.75) is 0 Å². The van der Waals surface area contributed by atoms with Crippen LogP contribution in [-0.4, -0.2) is 22.0 Å². The molecule has 0 saturated heterocycles. The van der Waals surface area contributed by atoms with Crippen molar-refractivity contribution in [1.82, 2.24) is 4.98 Å². The maximum absolute atomic E-state index is 12.2. The zero-order valence-electron chi connectivity index (χ0n) is 10.3. The molecule has 0 unspecified atom stereocenters. The van der Waals surface area contributed by atoms with Crippen LogP contribution in [0.2, 0.25) is 0 Å². The number of carboxylic acids is 1. The molecule has 5 nitrogen and oxygen atoms in total. The summed E-state index contributed by atoms with van der Waals surface area (Å²) < 4.78 is 0. The van der Waals surface area contributed by atoms with E-state index >= 15 is 0 Å². The first-order valence-corrected chi connectivity index (χ1v) is 5.96. The number of hydrogen-bond acceptors (Lipinski definition) is 3. The number of carbonyl (C=O) groups excluding carboxylic acids is 1. The van der Waals surface area contributed by atoms with Crippen molar-refractivity contribution in [3.8, 4) is 0 Å². The van der Waals surface area contributed by atoms with Gasteiger partial charge in [0.1, 0.15) is 0 Å². The average molecular weight is 266 g/mol. The number of nitrogens with zero attached hydrogens (tertiary/aromatic N) is 1. The predicted octanol–water partition coefficient (Wildman–Crippen LogP) is 2.16. The first-order valence-electron chi connectivity index (χ1n) is 5.96. The van der Waals surface area contributed by atoms with Gasteiger partial charge in [0.15, 0.2) is 0 Å². The van der Waals surface area contributed by atoms with E-state index in [1.165, 1.54) is 12.4 Å². The molecular weight excluding hydrogens is 256 g/mol. The number of pyridine rings is 1. The summed E-state index contributed by atoms with van der Waals surface area (Å²) in [7, 11) is 0. The molecule has 5 heteroatoms. The predicted molar refractivity (Wildman–Crippen MR) is 73.3 cm³/mol. The van der Waals surface area contributed by atoms with Gasteiger partial charge in [-0.2, -0.15) is 0 Å². The molecular formula is C15H10N2O3. The van der Waals surface area contributed by atoms with Crippen molar-refractivity contribution >= 4 is 23.1 Å². The number of anilines is 1. The van der Waals surface area contributed by atoms with Crippen LogP contribution < -0.4 is 5.32 Å². The summed E-state index contributed by atoms with van der Waals surface area (Å²) in [4.78, 5) is 27.2. The van der Waals surface area contributed by atoms with Crippen LogP contribution in [0.3, 0.4) is 0 Å². The van der Waals surface area contributed by atoms with Crippen molar-refractivity contribution in [1.29, 1.82) is 0 Å². The van der Waals surface area contributed by atoms with Crippen LogP contribution in [0.1, 0.15) is 21.5 Å². The fourth-order valence-corrected chi connectivity index (χ4v) is 2.25. The van der Waals surface area contributed by atoms with Crippen molar-refractivity contribution in [3.63, 3.8) is 0 Å². The summed E-state index contributed by atoms with van der Waals surface area (Å²) in [5.74, 6) is -1.36. The van der Waals surface area contributed by atoms with Gasteiger partial charge in [-0.3, -0.25) is 9.78 Å². The normalized spacial score (nSPS) is 15.0. The van der Waals surface area contributed by atoms with Gasteiger partial charge in [-0.05, 0) is 23.3 Å². The van der Waals surface area contributed by atoms with Crippen LogP contribution in [0, 0.1) is 0 Å². The quantitative estimate of drug-likeness (QED) is 0.775. The van der Waals surface area contributed by atoms with Gasteiger partial charge in [-0.1, -0.05) is 18.2 Å². The molecule has 0 aliphatic carbocycles. The highest BCUT2D eigenvalue weighted by molar-refractivity contribution is 6.14. The molecule has 2 N–H and O–H groups in total. The molecule has 0 spiro atoms. The second-order valence-corrected chi connectivity index (χ2v) is 4.32. The minimum absolute atomic E-state index is 0.297. The van der Waals surface area contributed by atoms with Gasteiger partial charge in [0.05, 0.1) is 5.56 Å². The van der Waals surface area contributed by atoms with Gasteiger partial charge in [-0.15, -0.1) is 0 Å². The largest absolute Gasteiger partial charge is 0.478 e. The Morgan fingerprint density at radius 2 is 1.95 bits per heavy atom. The smallest absolute Gasteiger partial charge is 0.328 e. The Morgan fingerprint density at radius 1 is 1.15 bits per heavy atom. The maximum Gasteiger partial charge on any atom is 0.328 e. The number of aliphatic carboxylic acids is 1. The lowest BCUT2D eigenvalue weighted by atomic mass is 9.95. The topological polar surface area (TPSA) is 79.3 Å².